The number of rotatable bonds is 6. The zero-order valence-corrected chi connectivity index (χ0v) is 17.5. The van der Waals surface area contributed by atoms with E-state index in [2.05, 4.69) is 26.9 Å². The van der Waals surface area contributed by atoms with Gasteiger partial charge in [0, 0.05) is 24.7 Å². The summed E-state index contributed by atoms with van der Waals surface area (Å²) >= 11 is 1.49. The molecule has 6 nitrogen and oxygen atoms in total. The highest BCUT2D eigenvalue weighted by molar-refractivity contribution is 8.00. The number of nitrogens with zero attached hydrogens (tertiary/aromatic N) is 4. The van der Waals surface area contributed by atoms with Crippen molar-refractivity contribution in [3.8, 4) is 5.69 Å². The number of amides is 1. The molecule has 0 bridgehead atoms. The molecule has 1 amide bonds. The van der Waals surface area contributed by atoms with Gasteiger partial charge in [-0.3, -0.25) is 9.36 Å². The van der Waals surface area contributed by atoms with Crippen LogP contribution >= 0.6 is 11.8 Å². The molecule has 2 heterocycles. The SMILES string of the molecule is O=C([C@@H](Sc1nnc(C2CC2)n1-c1ccccc1)c1ccccc1)N1CCOCC1. The smallest absolute Gasteiger partial charge is 0.240 e. The van der Waals surface area contributed by atoms with E-state index in [0.29, 0.717) is 32.2 Å². The second-order valence-electron chi connectivity index (χ2n) is 7.63. The van der Waals surface area contributed by atoms with Crippen molar-refractivity contribution in [2.24, 2.45) is 0 Å². The molecule has 2 aromatic carbocycles. The molecule has 3 aromatic rings. The third-order valence-corrected chi connectivity index (χ3v) is 6.67. The molecule has 1 saturated heterocycles. The number of ether oxygens (including phenoxy) is 1. The van der Waals surface area contributed by atoms with E-state index < -0.39 is 0 Å². The number of aromatic nitrogens is 3. The molecule has 30 heavy (non-hydrogen) atoms. The molecule has 5 rings (SSSR count). The van der Waals surface area contributed by atoms with Crippen molar-refractivity contribution < 1.29 is 9.53 Å². The van der Waals surface area contributed by atoms with Crippen molar-refractivity contribution in [2.75, 3.05) is 26.3 Å². The molecule has 0 spiro atoms. The average molecular weight is 421 g/mol. The van der Waals surface area contributed by atoms with Crippen LogP contribution in [0, 0.1) is 0 Å². The summed E-state index contributed by atoms with van der Waals surface area (Å²) in [6, 6.07) is 20.2. The van der Waals surface area contributed by atoms with Gasteiger partial charge < -0.3 is 9.64 Å². The second-order valence-corrected chi connectivity index (χ2v) is 8.70. The lowest BCUT2D eigenvalue weighted by Crippen LogP contribution is -2.42. The average Bonchev–Trinajstić information content (AvgIpc) is 3.58. The summed E-state index contributed by atoms with van der Waals surface area (Å²) in [6.07, 6.45) is 2.29. The Morgan fingerprint density at radius 1 is 0.967 bits per heavy atom. The molecule has 1 aliphatic carbocycles. The first kappa shape index (κ1) is 19.3. The highest BCUT2D eigenvalue weighted by atomic mass is 32.2. The Bertz CT molecular complexity index is 999. The molecule has 2 aliphatic rings. The Kier molecular flexibility index (Phi) is 5.55. The van der Waals surface area contributed by atoms with Gasteiger partial charge in [0.25, 0.3) is 0 Å². The molecule has 1 aliphatic heterocycles. The van der Waals surface area contributed by atoms with E-state index in [-0.39, 0.29) is 11.2 Å². The van der Waals surface area contributed by atoms with Gasteiger partial charge in [-0.1, -0.05) is 60.3 Å². The largest absolute Gasteiger partial charge is 0.378 e. The molecule has 2 fully saturated rings. The highest BCUT2D eigenvalue weighted by Crippen LogP contribution is 2.43. The first-order valence-electron chi connectivity index (χ1n) is 10.4. The van der Waals surface area contributed by atoms with Gasteiger partial charge in [0.15, 0.2) is 5.16 Å². The van der Waals surface area contributed by atoms with Crippen molar-refractivity contribution in [2.45, 2.75) is 29.2 Å². The molecule has 7 heteroatoms. The molecular weight excluding hydrogens is 396 g/mol. The number of para-hydroxylation sites is 1. The summed E-state index contributed by atoms with van der Waals surface area (Å²) in [6.45, 7) is 2.43. The van der Waals surface area contributed by atoms with Crippen LogP contribution in [-0.2, 0) is 9.53 Å². The monoisotopic (exact) mass is 420 g/mol. The van der Waals surface area contributed by atoms with Crippen LogP contribution in [0.5, 0.6) is 0 Å². The van der Waals surface area contributed by atoms with Gasteiger partial charge in [-0.25, -0.2) is 0 Å². The predicted molar refractivity (Wildman–Crippen MR) is 116 cm³/mol. The van der Waals surface area contributed by atoms with E-state index in [1.807, 2.05) is 53.4 Å². The summed E-state index contributed by atoms with van der Waals surface area (Å²) in [5.41, 5.74) is 2.02. The van der Waals surface area contributed by atoms with E-state index in [4.69, 9.17) is 4.74 Å². The quantitative estimate of drug-likeness (QED) is 0.567. The summed E-state index contributed by atoms with van der Waals surface area (Å²) in [5, 5.41) is 9.44. The Balaban J connectivity index is 1.51. The van der Waals surface area contributed by atoms with Gasteiger partial charge in [-0.15, -0.1) is 10.2 Å². The maximum Gasteiger partial charge on any atom is 0.240 e. The molecule has 0 unspecified atom stereocenters. The van der Waals surface area contributed by atoms with Gasteiger partial charge in [0.05, 0.1) is 13.2 Å². The zero-order valence-electron chi connectivity index (χ0n) is 16.7. The van der Waals surface area contributed by atoms with Crippen LogP contribution in [0.3, 0.4) is 0 Å². The normalized spacial score (nSPS) is 17.7. The van der Waals surface area contributed by atoms with Gasteiger partial charge in [-0.2, -0.15) is 0 Å². The lowest BCUT2D eigenvalue weighted by atomic mass is 10.1. The third-order valence-electron chi connectivity index (χ3n) is 5.49. The Hall–Kier alpha value is -2.64. The van der Waals surface area contributed by atoms with Crippen molar-refractivity contribution in [1.82, 2.24) is 19.7 Å². The van der Waals surface area contributed by atoms with Crippen LogP contribution in [-0.4, -0.2) is 51.9 Å². The fraction of sp³-hybridized carbons (Fsp3) is 0.348. The number of carbonyl (C=O) groups excluding carboxylic acids is 1. The maximum absolute atomic E-state index is 13.5. The van der Waals surface area contributed by atoms with Crippen molar-refractivity contribution in [3.63, 3.8) is 0 Å². The van der Waals surface area contributed by atoms with E-state index in [1.165, 1.54) is 11.8 Å². The number of hydrogen-bond acceptors (Lipinski definition) is 5. The minimum Gasteiger partial charge on any atom is -0.378 e. The van der Waals surface area contributed by atoms with Crippen LogP contribution in [0.25, 0.3) is 5.69 Å². The van der Waals surface area contributed by atoms with Gasteiger partial charge in [-0.05, 0) is 30.5 Å². The van der Waals surface area contributed by atoms with Crippen LogP contribution in [0.1, 0.15) is 35.4 Å². The zero-order chi connectivity index (χ0) is 20.3. The van der Waals surface area contributed by atoms with Gasteiger partial charge in [0.1, 0.15) is 11.1 Å². The van der Waals surface area contributed by atoms with Crippen LogP contribution < -0.4 is 0 Å². The first-order valence-corrected chi connectivity index (χ1v) is 11.3. The van der Waals surface area contributed by atoms with E-state index in [0.717, 1.165) is 35.1 Å². The number of benzene rings is 2. The third kappa shape index (κ3) is 4.00. The number of carbonyl (C=O) groups is 1. The lowest BCUT2D eigenvalue weighted by Gasteiger charge is -2.30. The van der Waals surface area contributed by atoms with Crippen LogP contribution in [0.4, 0.5) is 0 Å². The van der Waals surface area contributed by atoms with Gasteiger partial charge >= 0.3 is 0 Å². The second kappa shape index (κ2) is 8.62. The summed E-state index contributed by atoms with van der Waals surface area (Å²) in [4.78, 5) is 15.4. The number of hydrogen-bond donors (Lipinski definition) is 0. The fourth-order valence-corrected chi connectivity index (χ4v) is 4.87. The van der Waals surface area contributed by atoms with Crippen molar-refractivity contribution in [3.05, 3.63) is 72.1 Å². The molecule has 1 atom stereocenters. The summed E-state index contributed by atoms with van der Waals surface area (Å²) < 4.78 is 7.57. The fourth-order valence-electron chi connectivity index (χ4n) is 3.73. The van der Waals surface area contributed by atoms with Crippen molar-refractivity contribution >= 4 is 17.7 Å². The van der Waals surface area contributed by atoms with Gasteiger partial charge in [0.2, 0.25) is 5.91 Å². The van der Waals surface area contributed by atoms with E-state index in [1.54, 1.807) is 0 Å². The molecule has 1 aromatic heterocycles. The topological polar surface area (TPSA) is 60.2 Å². The Morgan fingerprint density at radius 3 is 2.30 bits per heavy atom. The number of thioether (sulfide) groups is 1. The molecule has 0 radical (unpaired) electrons. The Morgan fingerprint density at radius 2 is 1.63 bits per heavy atom. The first-order chi connectivity index (χ1) is 14.8. The Labute approximate surface area is 180 Å². The molecular formula is C23H24N4O2S. The maximum atomic E-state index is 13.5. The van der Waals surface area contributed by atoms with Crippen molar-refractivity contribution in [1.29, 1.82) is 0 Å². The molecule has 0 N–H and O–H groups in total. The van der Waals surface area contributed by atoms with Crippen LogP contribution in [0.15, 0.2) is 65.8 Å². The van der Waals surface area contributed by atoms with Crippen LogP contribution in [0.2, 0.25) is 0 Å². The minimum absolute atomic E-state index is 0.102. The summed E-state index contributed by atoms with van der Waals surface area (Å²) in [5.74, 6) is 1.55. The molecule has 154 valence electrons. The number of morpholine rings is 1. The standard InChI is InChI=1S/C23H24N4O2S/c28-22(26-13-15-29-16-14-26)20(17-7-3-1-4-8-17)30-23-25-24-21(18-11-12-18)27(23)19-9-5-2-6-10-19/h1-10,18,20H,11-16H2/t20-/m0/s1. The highest BCUT2D eigenvalue weighted by Gasteiger charge is 2.34. The minimum atomic E-state index is -0.372. The van der Waals surface area contributed by atoms with E-state index in [9.17, 15) is 4.79 Å². The molecule has 1 saturated carbocycles. The van der Waals surface area contributed by atoms with E-state index >= 15 is 0 Å². The predicted octanol–water partition coefficient (Wildman–Crippen LogP) is 3.84. The lowest BCUT2D eigenvalue weighted by molar-refractivity contribution is -0.134. The summed E-state index contributed by atoms with van der Waals surface area (Å²) in [7, 11) is 0.